The molecule has 24 heavy (non-hydrogen) atoms. The quantitative estimate of drug-likeness (QED) is 0.898. The van der Waals surface area contributed by atoms with Crippen LogP contribution in [0.5, 0.6) is 0 Å². The van der Waals surface area contributed by atoms with Crippen molar-refractivity contribution in [3.8, 4) is 0 Å². The van der Waals surface area contributed by atoms with Gasteiger partial charge in [-0.25, -0.2) is 9.59 Å². The Bertz CT molecular complexity index is 794. The number of anilines is 2. The molecule has 0 aliphatic rings. The summed E-state index contributed by atoms with van der Waals surface area (Å²) < 4.78 is 1.31. The number of benzene rings is 1. The van der Waals surface area contributed by atoms with E-state index in [2.05, 4.69) is 28.8 Å². The lowest BCUT2D eigenvalue weighted by Gasteiger charge is -2.09. The zero-order chi connectivity index (χ0) is 18.1. The van der Waals surface area contributed by atoms with Crippen molar-refractivity contribution in [2.24, 2.45) is 7.05 Å². The number of amides is 2. The highest BCUT2D eigenvalue weighted by molar-refractivity contribution is 5.99. The molecular formula is C18H22N4O2. The Kier molecular flexibility index (Phi) is 7.16. The number of nitrogens with one attached hydrogen (secondary N) is 2. The Labute approximate surface area is 141 Å². The highest BCUT2D eigenvalue weighted by Gasteiger charge is 2.06. The van der Waals surface area contributed by atoms with Gasteiger partial charge in [-0.2, -0.15) is 4.98 Å². The molecule has 1 aromatic carbocycles. The predicted octanol–water partition coefficient (Wildman–Crippen LogP) is 3.74. The molecule has 0 unspecified atom stereocenters. The van der Waals surface area contributed by atoms with E-state index in [9.17, 15) is 9.59 Å². The van der Waals surface area contributed by atoms with E-state index in [1.54, 1.807) is 31.3 Å². The minimum Gasteiger partial charge on any atom is -0.308 e. The average Bonchev–Trinajstić information content (AvgIpc) is 2.59. The Morgan fingerprint density at radius 2 is 1.79 bits per heavy atom. The van der Waals surface area contributed by atoms with Crippen LogP contribution in [0, 0.1) is 0 Å². The van der Waals surface area contributed by atoms with Gasteiger partial charge in [0.1, 0.15) is 5.82 Å². The molecule has 126 valence electrons. The molecule has 0 saturated carbocycles. The number of aryl methyl sites for hydroxylation is 1. The molecule has 6 nitrogen and oxygen atoms in total. The van der Waals surface area contributed by atoms with Gasteiger partial charge in [-0.1, -0.05) is 45.2 Å². The second-order valence-corrected chi connectivity index (χ2v) is 4.54. The third-order valence-electron chi connectivity index (χ3n) is 3.00. The number of hydrogen-bond acceptors (Lipinski definition) is 3. The van der Waals surface area contributed by atoms with E-state index >= 15 is 0 Å². The fraction of sp³-hybridized carbons (Fsp3) is 0.167. The standard InChI is InChI=1S/C16H16N4O2.C2H6/c1-4-11-6-7-13(10-12(11)5-2)17-15(21)18-14-8-9-20(3)16(22)19-14;1-2/h4-10H,1-2H2,3H3,(H2,17,18,19,21,22);1-2H3. The van der Waals surface area contributed by atoms with Crippen molar-refractivity contribution in [3.05, 3.63) is 65.2 Å². The first-order chi connectivity index (χ1) is 11.5. The third-order valence-corrected chi connectivity index (χ3v) is 3.00. The zero-order valence-corrected chi connectivity index (χ0v) is 14.2. The van der Waals surface area contributed by atoms with Crippen LogP contribution in [0.2, 0.25) is 0 Å². The van der Waals surface area contributed by atoms with Crippen LogP contribution in [0.1, 0.15) is 25.0 Å². The molecule has 0 fully saturated rings. The van der Waals surface area contributed by atoms with E-state index in [0.717, 1.165) is 11.1 Å². The molecule has 2 rings (SSSR count). The monoisotopic (exact) mass is 326 g/mol. The van der Waals surface area contributed by atoms with Gasteiger partial charge in [0.05, 0.1) is 0 Å². The van der Waals surface area contributed by atoms with Crippen LogP contribution < -0.4 is 16.3 Å². The molecule has 0 atom stereocenters. The lowest BCUT2D eigenvalue weighted by molar-refractivity contribution is 0.262. The molecule has 0 aliphatic carbocycles. The smallest absolute Gasteiger partial charge is 0.308 e. The van der Waals surface area contributed by atoms with Crippen molar-refractivity contribution >= 4 is 29.7 Å². The number of rotatable bonds is 4. The summed E-state index contributed by atoms with van der Waals surface area (Å²) in [6.07, 6.45) is 4.92. The second-order valence-electron chi connectivity index (χ2n) is 4.54. The lowest BCUT2D eigenvalue weighted by atomic mass is 10.1. The summed E-state index contributed by atoms with van der Waals surface area (Å²) in [6.45, 7) is 11.4. The number of hydrogen-bond donors (Lipinski definition) is 2. The van der Waals surface area contributed by atoms with Crippen molar-refractivity contribution < 1.29 is 4.79 Å². The topological polar surface area (TPSA) is 76.0 Å². The van der Waals surface area contributed by atoms with Crippen molar-refractivity contribution in [2.45, 2.75) is 13.8 Å². The fourth-order valence-corrected chi connectivity index (χ4v) is 1.83. The van der Waals surface area contributed by atoms with Gasteiger partial charge in [0.25, 0.3) is 0 Å². The molecule has 0 radical (unpaired) electrons. The summed E-state index contributed by atoms with van der Waals surface area (Å²) in [5.41, 5.74) is 1.94. The maximum absolute atomic E-state index is 11.9. The van der Waals surface area contributed by atoms with Crippen LogP contribution in [0.3, 0.4) is 0 Å². The highest BCUT2D eigenvalue weighted by Crippen LogP contribution is 2.18. The van der Waals surface area contributed by atoms with Crippen LogP contribution >= 0.6 is 0 Å². The Balaban J connectivity index is 0.00000139. The zero-order valence-electron chi connectivity index (χ0n) is 14.2. The minimum atomic E-state index is -0.484. The van der Waals surface area contributed by atoms with E-state index in [4.69, 9.17) is 0 Å². The molecule has 0 bridgehead atoms. The van der Waals surface area contributed by atoms with Gasteiger partial charge in [-0.3, -0.25) is 5.32 Å². The molecule has 2 aromatic rings. The summed E-state index contributed by atoms with van der Waals surface area (Å²) in [5.74, 6) is 0.187. The number of aromatic nitrogens is 2. The first-order valence-corrected chi connectivity index (χ1v) is 7.54. The van der Waals surface area contributed by atoms with Gasteiger partial charge in [0.15, 0.2) is 0 Å². The maximum Gasteiger partial charge on any atom is 0.349 e. The van der Waals surface area contributed by atoms with Crippen molar-refractivity contribution in [1.29, 1.82) is 0 Å². The molecule has 0 spiro atoms. The summed E-state index contributed by atoms with van der Waals surface area (Å²) >= 11 is 0. The van der Waals surface area contributed by atoms with Gasteiger partial charge in [0.2, 0.25) is 0 Å². The normalized spacial score (nSPS) is 9.29. The Morgan fingerprint density at radius 1 is 1.12 bits per heavy atom. The van der Waals surface area contributed by atoms with Crippen molar-refractivity contribution in [2.75, 3.05) is 10.6 Å². The average molecular weight is 326 g/mol. The molecule has 6 heteroatoms. The molecule has 0 saturated heterocycles. The lowest BCUT2D eigenvalue weighted by Crippen LogP contribution is -2.25. The van der Waals surface area contributed by atoms with Gasteiger partial charge in [-0.05, 0) is 29.3 Å². The van der Waals surface area contributed by atoms with Gasteiger partial charge < -0.3 is 9.88 Å². The highest BCUT2D eigenvalue weighted by atomic mass is 16.2. The fourth-order valence-electron chi connectivity index (χ4n) is 1.83. The Morgan fingerprint density at radius 3 is 2.38 bits per heavy atom. The van der Waals surface area contributed by atoms with E-state index in [-0.39, 0.29) is 5.82 Å². The summed E-state index contributed by atoms with van der Waals surface area (Å²) in [7, 11) is 1.58. The van der Waals surface area contributed by atoms with Gasteiger partial charge >= 0.3 is 11.7 Å². The van der Waals surface area contributed by atoms with E-state index < -0.39 is 11.7 Å². The number of nitrogens with zero attached hydrogens (tertiary/aromatic N) is 2. The maximum atomic E-state index is 11.9. The van der Waals surface area contributed by atoms with Crippen molar-refractivity contribution in [1.82, 2.24) is 9.55 Å². The van der Waals surface area contributed by atoms with Crippen LogP contribution in [-0.2, 0) is 7.05 Å². The van der Waals surface area contributed by atoms with Crippen molar-refractivity contribution in [3.63, 3.8) is 0 Å². The third kappa shape index (κ3) is 4.95. The molecular weight excluding hydrogens is 304 g/mol. The predicted molar refractivity (Wildman–Crippen MR) is 100 cm³/mol. The molecule has 1 aromatic heterocycles. The van der Waals surface area contributed by atoms with E-state index in [1.165, 1.54) is 16.8 Å². The first kappa shape index (κ1) is 18.9. The van der Waals surface area contributed by atoms with Gasteiger partial charge in [-0.15, -0.1) is 0 Å². The second kappa shape index (κ2) is 9.09. The summed E-state index contributed by atoms with van der Waals surface area (Å²) in [6, 6.07) is 6.41. The number of carbonyl (C=O) groups is 1. The first-order valence-electron chi connectivity index (χ1n) is 7.54. The Hall–Kier alpha value is -3.15. The molecule has 0 aliphatic heterocycles. The minimum absolute atomic E-state index is 0.187. The summed E-state index contributed by atoms with van der Waals surface area (Å²) in [5, 5.41) is 5.17. The molecule has 1 heterocycles. The van der Waals surface area contributed by atoms with E-state index in [0.29, 0.717) is 5.69 Å². The van der Waals surface area contributed by atoms with Crippen LogP contribution in [0.4, 0.5) is 16.3 Å². The van der Waals surface area contributed by atoms with Crippen LogP contribution in [-0.4, -0.2) is 15.6 Å². The molecule has 2 amide bonds. The van der Waals surface area contributed by atoms with Crippen LogP contribution in [0.25, 0.3) is 12.2 Å². The summed E-state index contributed by atoms with van der Waals surface area (Å²) in [4.78, 5) is 27.0. The van der Waals surface area contributed by atoms with Crippen LogP contribution in [0.15, 0.2) is 48.4 Å². The largest absolute Gasteiger partial charge is 0.349 e. The van der Waals surface area contributed by atoms with E-state index in [1.807, 2.05) is 19.9 Å². The SMILES string of the molecule is C=Cc1ccc(NC(=O)Nc2ccn(C)c(=O)n2)cc1C=C.CC. The number of carbonyl (C=O) groups excluding carboxylic acids is 1. The van der Waals surface area contributed by atoms with Gasteiger partial charge in [0, 0.05) is 18.9 Å². The number of urea groups is 1. The molecule has 2 N–H and O–H groups in total.